The van der Waals surface area contributed by atoms with E-state index in [1.54, 1.807) is 36.5 Å². The number of benzene rings is 1. The van der Waals surface area contributed by atoms with E-state index in [2.05, 4.69) is 66.3 Å². The molecule has 0 saturated carbocycles. The molecule has 3 N–H and O–H groups in total. The number of rotatable bonds is 6. The van der Waals surface area contributed by atoms with Gasteiger partial charge in [0.2, 0.25) is 0 Å². The SMILES string of the molecule is CC(C)(C)[Si](C)(C)OCc1cnc(Cl)cc1NC(=O)Nc1ccnc(C#Cc2cccc(C(=O)O)c2)c1. The molecule has 0 aliphatic heterocycles. The molecule has 2 amide bonds. The number of carbonyl (C=O) groups is 2. The highest BCUT2D eigenvalue weighted by Crippen LogP contribution is 2.37. The van der Waals surface area contributed by atoms with Gasteiger partial charge in [0.05, 0.1) is 17.9 Å². The lowest BCUT2D eigenvalue weighted by Gasteiger charge is -2.36. The molecule has 0 atom stereocenters. The van der Waals surface area contributed by atoms with Crippen LogP contribution in [0.5, 0.6) is 0 Å². The Morgan fingerprint density at radius 2 is 1.84 bits per heavy atom. The van der Waals surface area contributed by atoms with Crippen molar-refractivity contribution in [2.75, 3.05) is 10.6 Å². The van der Waals surface area contributed by atoms with Crippen molar-refractivity contribution in [3.05, 3.63) is 82.4 Å². The standard InChI is InChI=1S/C27H29ClN4O4Si/c1-27(2,3)37(4,5)36-17-20-16-30-24(28)15-23(20)32-26(35)31-22-11-12-29-21(14-22)10-9-18-7-6-8-19(13-18)25(33)34/h6-8,11-16H,17H2,1-5H3,(H,33,34)(H2,29,30,31,32,35). The molecule has 37 heavy (non-hydrogen) atoms. The van der Waals surface area contributed by atoms with Gasteiger partial charge in [0.15, 0.2) is 8.32 Å². The van der Waals surface area contributed by atoms with E-state index in [9.17, 15) is 9.59 Å². The summed E-state index contributed by atoms with van der Waals surface area (Å²) in [5.41, 5.74) is 2.80. The van der Waals surface area contributed by atoms with E-state index in [0.717, 1.165) is 0 Å². The minimum Gasteiger partial charge on any atom is -0.478 e. The second-order valence-corrected chi connectivity index (χ2v) is 15.1. The molecule has 0 spiro atoms. The zero-order valence-corrected chi connectivity index (χ0v) is 23.1. The first-order chi connectivity index (χ1) is 17.3. The molecule has 3 aromatic rings. The van der Waals surface area contributed by atoms with Crippen LogP contribution in [0.25, 0.3) is 0 Å². The van der Waals surface area contributed by atoms with Crippen LogP contribution in [-0.4, -0.2) is 35.4 Å². The largest absolute Gasteiger partial charge is 0.478 e. The van der Waals surface area contributed by atoms with Crippen molar-refractivity contribution < 1.29 is 19.1 Å². The second-order valence-electron chi connectivity index (χ2n) is 9.86. The molecular formula is C27H29ClN4O4Si. The van der Waals surface area contributed by atoms with Crippen molar-refractivity contribution in [2.45, 2.75) is 45.5 Å². The Bertz CT molecular complexity index is 1380. The number of carboxylic acid groups (broad SMARTS) is 1. The zero-order chi connectivity index (χ0) is 27.2. The van der Waals surface area contributed by atoms with Gasteiger partial charge in [-0.3, -0.25) is 0 Å². The average molecular weight is 537 g/mol. The minimum absolute atomic E-state index is 0.0405. The van der Waals surface area contributed by atoms with Gasteiger partial charge < -0.3 is 20.2 Å². The molecule has 8 nitrogen and oxygen atoms in total. The van der Waals surface area contributed by atoms with Crippen LogP contribution in [0, 0.1) is 11.8 Å². The Kier molecular flexibility index (Phi) is 8.71. The molecule has 0 aliphatic carbocycles. The minimum atomic E-state index is -2.01. The maximum Gasteiger partial charge on any atom is 0.335 e. The van der Waals surface area contributed by atoms with Crippen LogP contribution < -0.4 is 10.6 Å². The lowest BCUT2D eigenvalue weighted by atomic mass is 10.1. The molecule has 0 unspecified atom stereocenters. The summed E-state index contributed by atoms with van der Waals surface area (Å²) in [6.07, 6.45) is 3.12. The lowest BCUT2D eigenvalue weighted by molar-refractivity contribution is 0.0696. The molecule has 0 radical (unpaired) electrons. The van der Waals surface area contributed by atoms with Crippen molar-refractivity contribution in [1.29, 1.82) is 0 Å². The number of nitrogens with one attached hydrogen (secondary N) is 2. The van der Waals surface area contributed by atoms with E-state index in [1.807, 2.05) is 0 Å². The molecule has 0 saturated heterocycles. The number of hydrogen-bond donors (Lipinski definition) is 3. The third kappa shape index (κ3) is 7.88. The van der Waals surface area contributed by atoms with Gasteiger partial charge in [-0.05, 0) is 60.5 Å². The second kappa shape index (κ2) is 11.6. The number of pyridine rings is 2. The number of aromatic carboxylic acids is 1. The molecule has 2 heterocycles. The quantitative estimate of drug-likeness (QED) is 0.191. The monoisotopic (exact) mass is 536 g/mol. The van der Waals surface area contributed by atoms with E-state index in [0.29, 0.717) is 34.8 Å². The summed E-state index contributed by atoms with van der Waals surface area (Å²) in [6.45, 7) is 11.1. The number of halogens is 1. The fourth-order valence-electron chi connectivity index (χ4n) is 2.89. The molecule has 0 fully saturated rings. The number of hydrogen-bond acceptors (Lipinski definition) is 5. The lowest BCUT2D eigenvalue weighted by Crippen LogP contribution is -2.40. The van der Waals surface area contributed by atoms with Crippen LogP contribution in [0.1, 0.15) is 48.0 Å². The molecule has 2 aromatic heterocycles. The van der Waals surface area contributed by atoms with E-state index in [1.165, 1.54) is 18.3 Å². The highest BCUT2D eigenvalue weighted by molar-refractivity contribution is 6.74. The summed E-state index contributed by atoms with van der Waals surface area (Å²) < 4.78 is 6.29. The summed E-state index contributed by atoms with van der Waals surface area (Å²) in [5.74, 6) is 4.75. The van der Waals surface area contributed by atoms with E-state index >= 15 is 0 Å². The van der Waals surface area contributed by atoms with Gasteiger partial charge in [-0.15, -0.1) is 0 Å². The summed E-state index contributed by atoms with van der Waals surface area (Å²) in [5, 5.41) is 15.0. The number of carbonyl (C=O) groups excluding carboxylic acids is 1. The maximum atomic E-state index is 12.8. The van der Waals surface area contributed by atoms with Crippen LogP contribution >= 0.6 is 11.6 Å². The molecule has 192 valence electrons. The van der Waals surface area contributed by atoms with Crippen molar-refractivity contribution in [2.24, 2.45) is 0 Å². The summed E-state index contributed by atoms with van der Waals surface area (Å²) in [7, 11) is -2.01. The molecular weight excluding hydrogens is 508 g/mol. The highest BCUT2D eigenvalue weighted by atomic mass is 35.5. The predicted molar refractivity (Wildman–Crippen MR) is 147 cm³/mol. The van der Waals surface area contributed by atoms with Crippen LogP contribution in [0.4, 0.5) is 16.2 Å². The predicted octanol–water partition coefficient (Wildman–Crippen LogP) is 6.39. The van der Waals surface area contributed by atoms with E-state index < -0.39 is 20.3 Å². The Hall–Kier alpha value is -3.71. The number of carboxylic acids is 1. The first-order valence-corrected chi connectivity index (χ1v) is 14.8. The molecule has 10 heteroatoms. The number of aromatic nitrogens is 2. The van der Waals surface area contributed by atoms with Gasteiger partial charge in [-0.25, -0.2) is 19.6 Å². The fourth-order valence-corrected chi connectivity index (χ4v) is 4.00. The zero-order valence-electron chi connectivity index (χ0n) is 21.3. The summed E-state index contributed by atoms with van der Waals surface area (Å²) >= 11 is 6.09. The molecule has 1 aromatic carbocycles. The van der Waals surface area contributed by atoms with E-state index in [4.69, 9.17) is 21.1 Å². The maximum absolute atomic E-state index is 12.8. The molecule has 3 rings (SSSR count). The summed E-state index contributed by atoms with van der Waals surface area (Å²) in [4.78, 5) is 32.2. The number of amides is 2. The Balaban J connectivity index is 1.71. The Labute approximate surface area is 222 Å². The van der Waals surface area contributed by atoms with Gasteiger partial charge in [-0.2, -0.15) is 0 Å². The first kappa shape index (κ1) is 27.9. The van der Waals surface area contributed by atoms with Crippen LogP contribution in [0.15, 0.2) is 54.9 Å². The highest BCUT2D eigenvalue weighted by Gasteiger charge is 2.37. The number of anilines is 2. The number of nitrogens with zero attached hydrogens (tertiary/aromatic N) is 2. The summed E-state index contributed by atoms with van der Waals surface area (Å²) in [6, 6.07) is 10.7. The Morgan fingerprint density at radius 3 is 2.54 bits per heavy atom. The fraction of sp³-hybridized carbons (Fsp3) is 0.259. The first-order valence-electron chi connectivity index (χ1n) is 11.5. The van der Waals surface area contributed by atoms with Gasteiger partial charge in [0, 0.05) is 29.2 Å². The normalized spacial score (nSPS) is 11.3. The molecule has 0 bridgehead atoms. The molecule has 0 aliphatic rings. The number of urea groups is 1. The van der Waals surface area contributed by atoms with E-state index in [-0.39, 0.29) is 15.8 Å². The van der Waals surface area contributed by atoms with Crippen LogP contribution in [0.2, 0.25) is 23.3 Å². The third-order valence-electron chi connectivity index (χ3n) is 6.06. The van der Waals surface area contributed by atoms with Crippen molar-refractivity contribution in [1.82, 2.24) is 9.97 Å². The van der Waals surface area contributed by atoms with Crippen molar-refractivity contribution in [3.8, 4) is 11.8 Å². The Morgan fingerprint density at radius 1 is 1.08 bits per heavy atom. The van der Waals surface area contributed by atoms with Gasteiger partial charge in [-0.1, -0.05) is 44.4 Å². The smallest absolute Gasteiger partial charge is 0.335 e. The van der Waals surface area contributed by atoms with Gasteiger partial charge in [0.25, 0.3) is 0 Å². The van der Waals surface area contributed by atoms with Crippen molar-refractivity contribution >= 4 is 43.3 Å². The van der Waals surface area contributed by atoms with Crippen LogP contribution in [0.3, 0.4) is 0 Å². The van der Waals surface area contributed by atoms with Gasteiger partial charge in [0.1, 0.15) is 10.8 Å². The van der Waals surface area contributed by atoms with Gasteiger partial charge >= 0.3 is 12.0 Å². The third-order valence-corrected chi connectivity index (χ3v) is 10.7. The topological polar surface area (TPSA) is 113 Å². The average Bonchev–Trinajstić information content (AvgIpc) is 2.82. The van der Waals surface area contributed by atoms with Crippen molar-refractivity contribution in [3.63, 3.8) is 0 Å². The van der Waals surface area contributed by atoms with Crippen LogP contribution in [-0.2, 0) is 11.0 Å².